The largest absolute Gasteiger partial charge is 0.490 e. The molecule has 2 aromatic carbocycles. The molecular formula is C18H17FO2. The molecule has 0 aromatic heterocycles. The van der Waals surface area contributed by atoms with Crippen molar-refractivity contribution >= 4 is 0 Å². The summed E-state index contributed by atoms with van der Waals surface area (Å²) in [5, 5.41) is 0. The van der Waals surface area contributed by atoms with E-state index < -0.39 is 0 Å². The highest BCUT2D eigenvalue weighted by atomic mass is 19.1. The maximum absolute atomic E-state index is 14.1. The second-order valence-electron chi connectivity index (χ2n) is 4.37. The summed E-state index contributed by atoms with van der Waals surface area (Å²) in [6, 6.07) is 12.1. The third-order valence-corrected chi connectivity index (χ3v) is 2.84. The molecule has 0 spiro atoms. The predicted molar refractivity (Wildman–Crippen MR) is 83.2 cm³/mol. The van der Waals surface area contributed by atoms with Crippen LogP contribution in [0, 0.1) is 5.82 Å². The number of ether oxygens (including phenoxy) is 2. The lowest BCUT2D eigenvalue weighted by molar-refractivity contribution is 0.361. The van der Waals surface area contributed by atoms with E-state index in [-0.39, 0.29) is 5.82 Å². The smallest absolute Gasteiger partial charge is 0.134 e. The van der Waals surface area contributed by atoms with Crippen molar-refractivity contribution < 1.29 is 13.9 Å². The molecule has 2 nitrogen and oxygen atoms in total. The summed E-state index contributed by atoms with van der Waals surface area (Å²) in [4.78, 5) is 0. The molecular weight excluding hydrogens is 267 g/mol. The average Bonchev–Trinajstić information content (AvgIpc) is 2.52. The van der Waals surface area contributed by atoms with Gasteiger partial charge < -0.3 is 9.47 Å². The van der Waals surface area contributed by atoms with Gasteiger partial charge in [-0.2, -0.15) is 0 Å². The van der Waals surface area contributed by atoms with Crippen molar-refractivity contribution in [3.63, 3.8) is 0 Å². The van der Waals surface area contributed by atoms with Gasteiger partial charge in [0, 0.05) is 11.6 Å². The minimum atomic E-state index is -0.323. The molecule has 0 radical (unpaired) electrons. The third kappa shape index (κ3) is 3.96. The van der Waals surface area contributed by atoms with E-state index in [1.54, 1.807) is 36.4 Å². The standard InChI is InChI=1S/C18H17FO2/c1-3-11-20-15-7-5-14(6-8-15)17-10-9-16(13-18(17)19)21-12-4-2/h3-10,13H,1-2,11-12H2. The van der Waals surface area contributed by atoms with Crippen molar-refractivity contribution in [3.8, 4) is 22.6 Å². The van der Waals surface area contributed by atoms with Crippen LogP contribution in [-0.2, 0) is 0 Å². The van der Waals surface area contributed by atoms with Gasteiger partial charge >= 0.3 is 0 Å². The van der Waals surface area contributed by atoms with Gasteiger partial charge in [-0.1, -0.05) is 37.4 Å². The SMILES string of the molecule is C=CCOc1ccc(-c2ccc(OCC=C)cc2F)cc1. The van der Waals surface area contributed by atoms with Crippen LogP contribution in [0.1, 0.15) is 0 Å². The van der Waals surface area contributed by atoms with E-state index in [2.05, 4.69) is 13.2 Å². The van der Waals surface area contributed by atoms with E-state index in [0.29, 0.717) is 24.5 Å². The summed E-state index contributed by atoms with van der Waals surface area (Å²) in [7, 11) is 0. The molecule has 0 N–H and O–H groups in total. The van der Waals surface area contributed by atoms with Crippen molar-refractivity contribution in [2.45, 2.75) is 0 Å². The van der Waals surface area contributed by atoms with Gasteiger partial charge in [-0.15, -0.1) is 0 Å². The second kappa shape index (κ2) is 7.29. The Labute approximate surface area is 124 Å². The Morgan fingerprint density at radius 3 is 2.00 bits per heavy atom. The first-order valence-corrected chi connectivity index (χ1v) is 6.62. The summed E-state index contributed by atoms with van der Waals surface area (Å²) in [6.45, 7) is 7.95. The lowest BCUT2D eigenvalue weighted by Crippen LogP contribution is -1.94. The van der Waals surface area contributed by atoms with E-state index >= 15 is 0 Å². The van der Waals surface area contributed by atoms with Crippen molar-refractivity contribution in [2.24, 2.45) is 0 Å². The van der Waals surface area contributed by atoms with Crippen LogP contribution in [0.4, 0.5) is 4.39 Å². The molecule has 2 rings (SSSR count). The van der Waals surface area contributed by atoms with Gasteiger partial charge in [0.1, 0.15) is 30.5 Å². The first-order valence-electron chi connectivity index (χ1n) is 6.62. The number of hydrogen-bond acceptors (Lipinski definition) is 2. The van der Waals surface area contributed by atoms with Gasteiger partial charge in [-0.3, -0.25) is 0 Å². The molecule has 0 aliphatic heterocycles. The van der Waals surface area contributed by atoms with E-state index in [9.17, 15) is 4.39 Å². The fraction of sp³-hybridized carbons (Fsp3) is 0.111. The molecule has 0 heterocycles. The van der Waals surface area contributed by atoms with Crippen LogP contribution in [0.5, 0.6) is 11.5 Å². The van der Waals surface area contributed by atoms with Crippen molar-refractivity contribution in [3.05, 3.63) is 73.6 Å². The Morgan fingerprint density at radius 2 is 1.43 bits per heavy atom. The first kappa shape index (κ1) is 14.9. The molecule has 0 aliphatic rings. The highest BCUT2D eigenvalue weighted by Gasteiger charge is 2.07. The van der Waals surface area contributed by atoms with E-state index in [4.69, 9.17) is 9.47 Å². The van der Waals surface area contributed by atoms with Crippen LogP contribution in [0.3, 0.4) is 0 Å². The summed E-state index contributed by atoms with van der Waals surface area (Å²) in [6.07, 6.45) is 3.29. The monoisotopic (exact) mass is 284 g/mol. The molecule has 108 valence electrons. The lowest BCUT2D eigenvalue weighted by Gasteiger charge is -2.08. The number of halogens is 1. The van der Waals surface area contributed by atoms with Gasteiger partial charge in [0.05, 0.1) is 0 Å². The van der Waals surface area contributed by atoms with Crippen LogP contribution >= 0.6 is 0 Å². The Hall–Kier alpha value is -2.55. The van der Waals surface area contributed by atoms with Crippen molar-refractivity contribution in [1.82, 2.24) is 0 Å². The minimum absolute atomic E-state index is 0.323. The maximum Gasteiger partial charge on any atom is 0.134 e. The summed E-state index contributed by atoms with van der Waals surface area (Å²) < 4.78 is 24.8. The van der Waals surface area contributed by atoms with Crippen LogP contribution in [0.2, 0.25) is 0 Å². The van der Waals surface area contributed by atoms with E-state index in [0.717, 1.165) is 11.3 Å². The highest BCUT2D eigenvalue weighted by Crippen LogP contribution is 2.27. The highest BCUT2D eigenvalue weighted by molar-refractivity contribution is 5.65. The number of benzene rings is 2. The summed E-state index contributed by atoms with van der Waals surface area (Å²) >= 11 is 0. The van der Waals surface area contributed by atoms with Crippen LogP contribution < -0.4 is 9.47 Å². The average molecular weight is 284 g/mol. The molecule has 0 bridgehead atoms. The molecule has 0 fully saturated rings. The first-order chi connectivity index (χ1) is 10.2. The maximum atomic E-state index is 14.1. The van der Waals surface area contributed by atoms with Crippen molar-refractivity contribution in [1.29, 1.82) is 0 Å². The Balaban J connectivity index is 2.17. The van der Waals surface area contributed by atoms with Gasteiger partial charge in [0.25, 0.3) is 0 Å². The van der Waals surface area contributed by atoms with Crippen LogP contribution in [-0.4, -0.2) is 13.2 Å². The Bertz CT molecular complexity index is 618. The normalized spacial score (nSPS) is 9.95. The predicted octanol–water partition coefficient (Wildman–Crippen LogP) is 4.62. The zero-order valence-corrected chi connectivity index (χ0v) is 11.7. The van der Waals surface area contributed by atoms with Crippen LogP contribution in [0.15, 0.2) is 67.8 Å². The van der Waals surface area contributed by atoms with E-state index in [1.165, 1.54) is 6.07 Å². The van der Waals surface area contributed by atoms with Crippen molar-refractivity contribution in [2.75, 3.05) is 13.2 Å². The number of hydrogen-bond donors (Lipinski definition) is 0. The summed E-state index contributed by atoms with van der Waals surface area (Å²) in [5.74, 6) is 0.892. The topological polar surface area (TPSA) is 18.5 Å². The zero-order valence-electron chi connectivity index (χ0n) is 11.7. The molecule has 0 saturated carbocycles. The number of rotatable bonds is 7. The van der Waals surface area contributed by atoms with Gasteiger partial charge in [-0.25, -0.2) is 4.39 Å². The zero-order chi connectivity index (χ0) is 15.1. The molecule has 0 amide bonds. The molecule has 0 saturated heterocycles. The molecule has 0 aliphatic carbocycles. The van der Waals surface area contributed by atoms with Gasteiger partial charge in [0.15, 0.2) is 0 Å². The summed E-state index contributed by atoms with van der Waals surface area (Å²) in [5.41, 5.74) is 1.31. The fourth-order valence-electron chi connectivity index (χ4n) is 1.86. The molecule has 0 atom stereocenters. The third-order valence-electron chi connectivity index (χ3n) is 2.84. The van der Waals surface area contributed by atoms with Gasteiger partial charge in [0.2, 0.25) is 0 Å². The quantitative estimate of drug-likeness (QED) is 0.691. The fourth-order valence-corrected chi connectivity index (χ4v) is 1.86. The molecule has 21 heavy (non-hydrogen) atoms. The minimum Gasteiger partial charge on any atom is -0.490 e. The Kier molecular flexibility index (Phi) is 5.16. The molecule has 3 heteroatoms. The van der Waals surface area contributed by atoms with E-state index in [1.807, 2.05) is 12.1 Å². The molecule has 2 aromatic rings. The van der Waals surface area contributed by atoms with Crippen LogP contribution in [0.25, 0.3) is 11.1 Å². The van der Waals surface area contributed by atoms with Gasteiger partial charge in [-0.05, 0) is 29.8 Å². The second-order valence-corrected chi connectivity index (χ2v) is 4.37. The Morgan fingerprint density at radius 1 is 0.857 bits per heavy atom. The molecule has 0 unspecified atom stereocenters. The lowest BCUT2D eigenvalue weighted by atomic mass is 10.0.